The first-order chi connectivity index (χ1) is 9.95. The first-order valence-electron chi connectivity index (χ1n) is 7.18. The third-order valence-electron chi connectivity index (χ3n) is 3.62. The average Bonchev–Trinajstić information content (AvgIpc) is 2.28. The highest BCUT2D eigenvalue weighted by atomic mass is 19.1. The Hall–Kier alpha value is -1.73. The molecule has 0 aromatic heterocycles. The zero-order chi connectivity index (χ0) is 17.1. The minimum absolute atomic E-state index is 0.0635. The van der Waals surface area contributed by atoms with Crippen LogP contribution >= 0.6 is 0 Å². The van der Waals surface area contributed by atoms with E-state index in [2.05, 4.69) is 0 Å². The lowest BCUT2D eigenvalue weighted by Gasteiger charge is -2.41. The van der Waals surface area contributed by atoms with Gasteiger partial charge in [0.1, 0.15) is 17.6 Å². The number of nitro groups is 1. The normalized spacial score (nSPS) is 25.7. The Labute approximate surface area is 128 Å². The van der Waals surface area contributed by atoms with Crippen LogP contribution in [0.2, 0.25) is 0 Å². The number of hydrogen-bond donors (Lipinski definition) is 0. The van der Waals surface area contributed by atoms with Crippen molar-refractivity contribution in [1.82, 2.24) is 4.90 Å². The molecule has 126 valence electrons. The van der Waals surface area contributed by atoms with Gasteiger partial charge in [0, 0.05) is 17.9 Å². The van der Waals surface area contributed by atoms with Gasteiger partial charge in [0.25, 0.3) is 0 Å². The molecule has 1 rings (SSSR count). The van der Waals surface area contributed by atoms with E-state index in [0.29, 0.717) is 0 Å². The maximum absolute atomic E-state index is 14.6. The molecule has 1 fully saturated rings. The summed E-state index contributed by atoms with van der Waals surface area (Å²) in [6.07, 6.45) is -2.42. The largest absolute Gasteiger partial charge is 0.444 e. The summed E-state index contributed by atoms with van der Waals surface area (Å²) in [4.78, 5) is 34.7. The minimum atomic E-state index is -1.64. The quantitative estimate of drug-likeness (QED) is 0.585. The van der Waals surface area contributed by atoms with Gasteiger partial charge in [-0.3, -0.25) is 10.1 Å². The van der Waals surface area contributed by atoms with Crippen LogP contribution in [0.5, 0.6) is 0 Å². The van der Waals surface area contributed by atoms with Crippen LogP contribution in [0.4, 0.5) is 9.18 Å². The Morgan fingerprint density at radius 1 is 1.45 bits per heavy atom. The molecule has 22 heavy (non-hydrogen) atoms. The Kier molecular flexibility index (Phi) is 5.48. The number of hydrogen-bond acceptors (Lipinski definition) is 5. The van der Waals surface area contributed by atoms with Crippen molar-refractivity contribution in [2.45, 2.75) is 52.3 Å². The standard InChI is InChI=1S/C14H23FN2O5/c1-10(18)7-14(9-17(20)21)5-6-16(8-11(14)15)12(19)22-13(2,3)4/h11H,5-9H2,1-4H3/t11-,14-/m0/s1. The van der Waals surface area contributed by atoms with E-state index in [4.69, 9.17) is 4.74 Å². The molecule has 0 unspecified atom stereocenters. The van der Waals surface area contributed by atoms with Crippen molar-refractivity contribution in [2.75, 3.05) is 19.6 Å². The van der Waals surface area contributed by atoms with E-state index in [1.165, 1.54) is 11.8 Å². The van der Waals surface area contributed by atoms with Gasteiger partial charge in [0.2, 0.25) is 6.54 Å². The number of carbonyl (C=O) groups is 2. The lowest BCUT2D eigenvalue weighted by Crippen LogP contribution is -2.54. The molecule has 2 atom stereocenters. The predicted molar refractivity (Wildman–Crippen MR) is 76.9 cm³/mol. The first kappa shape index (κ1) is 18.3. The molecule has 0 N–H and O–H groups in total. The van der Waals surface area contributed by atoms with Gasteiger partial charge in [-0.15, -0.1) is 0 Å². The van der Waals surface area contributed by atoms with Crippen molar-refractivity contribution >= 4 is 11.9 Å². The van der Waals surface area contributed by atoms with Gasteiger partial charge in [-0.05, 0) is 34.1 Å². The van der Waals surface area contributed by atoms with Gasteiger partial charge in [-0.1, -0.05) is 0 Å². The maximum atomic E-state index is 14.6. The number of nitrogens with zero attached hydrogens (tertiary/aromatic N) is 2. The highest BCUT2D eigenvalue weighted by molar-refractivity contribution is 5.76. The molecular weight excluding hydrogens is 295 g/mol. The van der Waals surface area contributed by atoms with Gasteiger partial charge >= 0.3 is 6.09 Å². The summed E-state index contributed by atoms with van der Waals surface area (Å²) in [5, 5.41) is 10.8. The van der Waals surface area contributed by atoms with Crippen LogP contribution in [0.15, 0.2) is 0 Å². The number of rotatable bonds is 4. The van der Waals surface area contributed by atoms with Crippen molar-refractivity contribution in [1.29, 1.82) is 0 Å². The van der Waals surface area contributed by atoms with Crippen molar-refractivity contribution in [2.24, 2.45) is 5.41 Å². The van der Waals surface area contributed by atoms with Crippen molar-refractivity contribution < 1.29 is 23.6 Å². The third-order valence-corrected chi connectivity index (χ3v) is 3.62. The van der Waals surface area contributed by atoms with Gasteiger partial charge in [-0.25, -0.2) is 9.18 Å². The van der Waals surface area contributed by atoms with Gasteiger partial charge < -0.3 is 14.4 Å². The Bertz CT molecular complexity index is 445. The number of amides is 1. The van der Waals surface area contributed by atoms with Crippen LogP contribution < -0.4 is 0 Å². The SMILES string of the molecule is CC(=O)C[C@]1(C[N+](=O)[O-])CCN(C(=O)OC(C)(C)C)C[C@@H]1F. The number of piperidine rings is 1. The van der Waals surface area contributed by atoms with Crippen LogP contribution in [0.1, 0.15) is 40.5 Å². The number of ether oxygens (including phenoxy) is 1. The molecule has 1 aliphatic rings. The molecule has 0 bridgehead atoms. The first-order valence-corrected chi connectivity index (χ1v) is 7.18. The molecular formula is C14H23FN2O5. The Morgan fingerprint density at radius 3 is 2.45 bits per heavy atom. The molecule has 0 aromatic carbocycles. The van der Waals surface area contributed by atoms with Crippen molar-refractivity contribution in [3.8, 4) is 0 Å². The molecule has 0 aliphatic carbocycles. The minimum Gasteiger partial charge on any atom is -0.444 e. The Morgan fingerprint density at radius 2 is 2.05 bits per heavy atom. The van der Waals surface area contributed by atoms with Crippen LogP contribution in [0, 0.1) is 15.5 Å². The highest BCUT2D eigenvalue weighted by Crippen LogP contribution is 2.38. The zero-order valence-electron chi connectivity index (χ0n) is 13.4. The highest BCUT2D eigenvalue weighted by Gasteiger charge is 2.49. The molecule has 1 saturated heterocycles. The van der Waals surface area contributed by atoms with Gasteiger partial charge in [0.05, 0.1) is 12.0 Å². The monoisotopic (exact) mass is 318 g/mol. The third kappa shape index (κ3) is 4.92. The molecule has 1 aliphatic heterocycles. The summed E-state index contributed by atoms with van der Waals surface area (Å²) in [6, 6.07) is 0. The van der Waals surface area contributed by atoms with E-state index in [1.54, 1.807) is 20.8 Å². The number of halogens is 1. The summed E-state index contributed by atoms with van der Waals surface area (Å²) < 4.78 is 19.7. The molecule has 0 radical (unpaired) electrons. The number of ketones is 1. The summed E-state index contributed by atoms with van der Waals surface area (Å²) in [7, 11) is 0. The molecule has 0 spiro atoms. The molecule has 0 aromatic rings. The van der Waals surface area contributed by atoms with Crippen LogP contribution in [-0.4, -0.2) is 53.1 Å². The fraction of sp³-hybridized carbons (Fsp3) is 0.857. The second-order valence-corrected chi connectivity index (χ2v) is 6.88. The van der Waals surface area contributed by atoms with Crippen LogP contribution in [0.3, 0.4) is 0 Å². The second kappa shape index (κ2) is 6.58. The Balaban J connectivity index is 2.83. The molecule has 1 heterocycles. The van der Waals surface area contributed by atoms with E-state index in [1.807, 2.05) is 0 Å². The van der Waals surface area contributed by atoms with E-state index in [9.17, 15) is 24.1 Å². The molecule has 8 heteroatoms. The van der Waals surface area contributed by atoms with Crippen molar-refractivity contribution in [3.63, 3.8) is 0 Å². The molecule has 0 saturated carbocycles. The number of carbonyl (C=O) groups excluding carboxylic acids is 2. The molecule has 7 nitrogen and oxygen atoms in total. The summed E-state index contributed by atoms with van der Waals surface area (Å²) in [5.41, 5.74) is -2.04. The summed E-state index contributed by atoms with van der Waals surface area (Å²) in [5.74, 6) is -0.296. The number of likely N-dealkylation sites (tertiary alicyclic amines) is 1. The predicted octanol–water partition coefficient (Wildman–Crippen LogP) is 2.21. The number of Topliss-reactive ketones (excluding diaryl/α,β-unsaturated/α-hetero) is 1. The van der Waals surface area contributed by atoms with E-state index >= 15 is 0 Å². The smallest absolute Gasteiger partial charge is 0.410 e. The lowest BCUT2D eigenvalue weighted by atomic mass is 9.73. The van der Waals surface area contributed by atoms with Gasteiger partial charge in [0.15, 0.2) is 0 Å². The van der Waals surface area contributed by atoms with E-state index in [-0.39, 0.29) is 31.7 Å². The van der Waals surface area contributed by atoms with Crippen LogP contribution in [0.25, 0.3) is 0 Å². The second-order valence-electron chi connectivity index (χ2n) is 6.88. The summed E-state index contributed by atoms with van der Waals surface area (Å²) >= 11 is 0. The van der Waals surface area contributed by atoms with E-state index < -0.39 is 34.7 Å². The average molecular weight is 318 g/mol. The maximum Gasteiger partial charge on any atom is 0.410 e. The van der Waals surface area contributed by atoms with Gasteiger partial charge in [-0.2, -0.15) is 0 Å². The lowest BCUT2D eigenvalue weighted by molar-refractivity contribution is -0.501. The van der Waals surface area contributed by atoms with E-state index in [0.717, 1.165) is 0 Å². The number of alkyl halides is 1. The summed E-state index contributed by atoms with van der Waals surface area (Å²) in [6.45, 7) is 5.62. The molecule has 1 amide bonds. The fourth-order valence-corrected chi connectivity index (χ4v) is 2.67. The fourth-order valence-electron chi connectivity index (χ4n) is 2.67. The van der Waals surface area contributed by atoms with Crippen molar-refractivity contribution in [3.05, 3.63) is 10.1 Å². The zero-order valence-corrected chi connectivity index (χ0v) is 13.4. The topological polar surface area (TPSA) is 89.8 Å². The van der Waals surface area contributed by atoms with Crippen LogP contribution in [-0.2, 0) is 9.53 Å².